The van der Waals surface area contributed by atoms with Crippen molar-refractivity contribution in [3.05, 3.63) is 42.1 Å². The summed E-state index contributed by atoms with van der Waals surface area (Å²) in [6.45, 7) is 1.82. The number of carbonyl (C=O) groups excluding carboxylic acids is 2. The molecular formula is C18H17N3O5. The maximum atomic E-state index is 12.3. The standard InChI is InChI=1S/C18H17N3O5/c19-17(23)15-12-3-1-2-4-13(12)21-10-11(9-14(22)16(15)21)26-18(24)20-5-7-25-8-6-20/h1-4,9-10,22H,5-8H2,(H2,19,23). The van der Waals surface area contributed by atoms with Gasteiger partial charge >= 0.3 is 6.09 Å². The molecule has 0 radical (unpaired) electrons. The Hall–Kier alpha value is -3.26. The van der Waals surface area contributed by atoms with E-state index in [1.165, 1.54) is 11.0 Å². The zero-order valence-corrected chi connectivity index (χ0v) is 13.8. The SMILES string of the molecule is NC(=O)c1c2ccccc2n2cc(OC(=O)N3CCOCC3)cc(O)c12. The Balaban J connectivity index is 1.80. The van der Waals surface area contributed by atoms with E-state index in [4.69, 9.17) is 15.2 Å². The van der Waals surface area contributed by atoms with Crippen molar-refractivity contribution in [1.29, 1.82) is 0 Å². The molecule has 8 nitrogen and oxygen atoms in total. The van der Waals surface area contributed by atoms with E-state index in [9.17, 15) is 14.7 Å². The molecule has 0 unspecified atom stereocenters. The topological polar surface area (TPSA) is 107 Å². The number of rotatable bonds is 2. The molecule has 134 valence electrons. The molecule has 26 heavy (non-hydrogen) atoms. The van der Waals surface area contributed by atoms with Crippen molar-refractivity contribution in [2.45, 2.75) is 0 Å². The van der Waals surface area contributed by atoms with E-state index in [0.29, 0.717) is 37.2 Å². The van der Waals surface area contributed by atoms with Crippen LogP contribution in [0.15, 0.2) is 36.5 Å². The second kappa shape index (κ2) is 6.23. The smallest absolute Gasteiger partial charge is 0.415 e. The van der Waals surface area contributed by atoms with Gasteiger partial charge in [-0.15, -0.1) is 0 Å². The minimum Gasteiger partial charge on any atom is -0.506 e. The van der Waals surface area contributed by atoms with Crippen molar-refractivity contribution in [2.24, 2.45) is 5.73 Å². The molecule has 1 fully saturated rings. The molecule has 2 amide bonds. The first kappa shape index (κ1) is 16.2. The first-order valence-electron chi connectivity index (χ1n) is 8.16. The van der Waals surface area contributed by atoms with Gasteiger partial charge in [0.2, 0.25) is 0 Å². The van der Waals surface area contributed by atoms with E-state index in [1.807, 2.05) is 6.07 Å². The molecule has 4 rings (SSSR count). The summed E-state index contributed by atoms with van der Waals surface area (Å²) in [7, 11) is 0. The third-order valence-electron chi connectivity index (χ3n) is 4.41. The van der Waals surface area contributed by atoms with Crippen molar-refractivity contribution in [2.75, 3.05) is 26.3 Å². The Labute approximate surface area is 148 Å². The number of morpholine rings is 1. The van der Waals surface area contributed by atoms with Gasteiger partial charge in [-0.1, -0.05) is 18.2 Å². The fourth-order valence-corrected chi connectivity index (χ4v) is 3.23. The van der Waals surface area contributed by atoms with Crippen molar-refractivity contribution in [3.63, 3.8) is 0 Å². The zero-order valence-electron chi connectivity index (χ0n) is 13.8. The fraction of sp³-hybridized carbons (Fsp3) is 0.222. The number of fused-ring (bicyclic) bond motifs is 3. The first-order chi connectivity index (χ1) is 12.6. The fourth-order valence-electron chi connectivity index (χ4n) is 3.23. The molecule has 1 aliphatic rings. The Bertz CT molecular complexity index is 1020. The van der Waals surface area contributed by atoms with E-state index in [-0.39, 0.29) is 22.6 Å². The first-order valence-corrected chi connectivity index (χ1v) is 8.16. The normalized spacial score (nSPS) is 14.7. The molecule has 0 atom stereocenters. The van der Waals surface area contributed by atoms with Gasteiger partial charge in [-0.3, -0.25) is 4.79 Å². The molecule has 1 saturated heterocycles. The molecule has 0 aliphatic carbocycles. The lowest BCUT2D eigenvalue weighted by molar-refractivity contribution is 0.0415. The molecule has 0 bridgehead atoms. The lowest BCUT2D eigenvalue weighted by Crippen LogP contribution is -2.42. The Kier molecular flexibility index (Phi) is 3.89. The number of hydrogen-bond donors (Lipinski definition) is 2. The number of para-hydroxylation sites is 1. The summed E-state index contributed by atoms with van der Waals surface area (Å²) in [6.07, 6.45) is 1.04. The predicted molar refractivity (Wildman–Crippen MR) is 93.5 cm³/mol. The molecule has 3 N–H and O–H groups in total. The maximum Gasteiger partial charge on any atom is 0.415 e. The van der Waals surface area contributed by atoms with Gasteiger partial charge in [-0.05, 0) is 6.07 Å². The summed E-state index contributed by atoms with van der Waals surface area (Å²) in [5, 5.41) is 11.1. The summed E-state index contributed by atoms with van der Waals surface area (Å²) < 4.78 is 12.2. The number of benzene rings is 1. The minimum atomic E-state index is -0.642. The Morgan fingerprint density at radius 1 is 1.19 bits per heavy atom. The molecule has 2 aromatic heterocycles. The van der Waals surface area contributed by atoms with Crippen molar-refractivity contribution in [1.82, 2.24) is 9.30 Å². The van der Waals surface area contributed by atoms with Crippen LogP contribution in [0, 0.1) is 0 Å². The highest BCUT2D eigenvalue weighted by Crippen LogP contribution is 2.34. The molecule has 0 spiro atoms. The number of aromatic hydroxyl groups is 1. The van der Waals surface area contributed by atoms with Gasteiger partial charge < -0.3 is 29.6 Å². The summed E-state index contributed by atoms with van der Waals surface area (Å²) in [5.74, 6) is -0.664. The van der Waals surface area contributed by atoms with Crippen molar-refractivity contribution < 1.29 is 24.2 Å². The second-order valence-corrected chi connectivity index (χ2v) is 6.00. The van der Waals surface area contributed by atoms with Crippen LogP contribution in [-0.2, 0) is 4.74 Å². The van der Waals surface area contributed by atoms with Crippen LogP contribution >= 0.6 is 0 Å². The lowest BCUT2D eigenvalue weighted by Gasteiger charge is -2.25. The maximum absolute atomic E-state index is 12.3. The average molecular weight is 355 g/mol. The summed E-state index contributed by atoms with van der Waals surface area (Å²) in [5.41, 5.74) is 6.69. The van der Waals surface area contributed by atoms with Gasteiger partial charge in [0.05, 0.1) is 30.5 Å². The highest BCUT2D eigenvalue weighted by atomic mass is 16.6. The molecule has 3 aromatic rings. The number of pyridine rings is 1. The van der Waals surface area contributed by atoms with Crippen LogP contribution in [0.4, 0.5) is 4.79 Å². The van der Waals surface area contributed by atoms with E-state index in [0.717, 1.165) is 0 Å². The highest BCUT2D eigenvalue weighted by molar-refractivity contribution is 6.14. The van der Waals surface area contributed by atoms with Gasteiger partial charge in [0.15, 0.2) is 5.75 Å². The van der Waals surface area contributed by atoms with Crippen LogP contribution in [0.2, 0.25) is 0 Å². The molecule has 0 saturated carbocycles. The van der Waals surface area contributed by atoms with Crippen LogP contribution in [-0.4, -0.2) is 52.7 Å². The monoisotopic (exact) mass is 355 g/mol. The number of aromatic nitrogens is 1. The quantitative estimate of drug-likeness (QED) is 0.728. The van der Waals surface area contributed by atoms with Gasteiger partial charge in [0.25, 0.3) is 5.91 Å². The third kappa shape index (κ3) is 2.60. The number of hydrogen-bond acceptors (Lipinski definition) is 5. The lowest BCUT2D eigenvalue weighted by atomic mass is 10.1. The van der Waals surface area contributed by atoms with Crippen molar-refractivity contribution >= 4 is 28.4 Å². The second-order valence-electron chi connectivity index (χ2n) is 6.00. The van der Waals surface area contributed by atoms with Crippen LogP contribution < -0.4 is 10.5 Å². The number of nitrogens with zero attached hydrogens (tertiary/aromatic N) is 2. The van der Waals surface area contributed by atoms with Crippen molar-refractivity contribution in [3.8, 4) is 11.5 Å². The number of ether oxygens (including phenoxy) is 2. The zero-order chi connectivity index (χ0) is 18.3. The van der Waals surface area contributed by atoms with Crippen LogP contribution in [0.5, 0.6) is 11.5 Å². The van der Waals surface area contributed by atoms with E-state index < -0.39 is 12.0 Å². The molecular weight excluding hydrogens is 338 g/mol. The Morgan fingerprint density at radius 3 is 2.65 bits per heavy atom. The van der Waals surface area contributed by atoms with Crippen LogP contribution in [0.1, 0.15) is 10.4 Å². The number of carbonyl (C=O) groups is 2. The van der Waals surface area contributed by atoms with Gasteiger partial charge in [-0.25, -0.2) is 4.79 Å². The molecule has 3 heterocycles. The van der Waals surface area contributed by atoms with E-state index in [1.54, 1.807) is 28.8 Å². The van der Waals surface area contributed by atoms with E-state index in [2.05, 4.69) is 0 Å². The molecule has 8 heteroatoms. The summed E-state index contributed by atoms with van der Waals surface area (Å²) in [4.78, 5) is 25.7. The number of primary amides is 1. The third-order valence-corrected chi connectivity index (χ3v) is 4.41. The van der Waals surface area contributed by atoms with Gasteiger partial charge in [0, 0.05) is 24.5 Å². The van der Waals surface area contributed by atoms with Gasteiger partial charge in [-0.2, -0.15) is 0 Å². The predicted octanol–water partition coefficient (Wildman–Crippen LogP) is 1.73. The molecule has 1 aromatic carbocycles. The number of amides is 2. The average Bonchev–Trinajstić information content (AvgIpc) is 2.98. The van der Waals surface area contributed by atoms with Gasteiger partial charge in [0.1, 0.15) is 11.3 Å². The minimum absolute atomic E-state index is 0.170. The largest absolute Gasteiger partial charge is 0.506 e. The summed E-state index contributed by atoms with van der Waals surface area (Å²) >= 11 is 0. The Morgan fingerprint density at radius 2 is 1.92 bits per heavy atom. The number of nitrogens with two attached hydrogens (primary N) is 1. The molecule has 1 aliphatic heterocycles. The van der Waals surface area contributed by atoms with E-state index >= 15 is 0 Å². The summed E-state index contributed by atoms with van der Waals surface area (Å²) in [6, 6.07) is 8.44. The van der Waals surface area contributed by atoms with Crippen LogP contribution in [0.3, 0.4) is 0 Å². The highest BCUT2D eigenvalue weighted by Gasteiger charge is 2.22. The van der Waals surface area contributed by atoms with Crippen LogP contribution in [0.25, 0.3) is 16.4 Å².